The Bertz CT molecular complexity index is 604. The topological polar surface area (TPSA) is 20.2 Å². The van der Waals surface area contributed by atoms with Crippen molar-refractivity contribution in [2.24, 2.45) is 0 Å². The Kier molecular flexibility index (Phi) is 3.63. The number of aliphatic hydroxyl groups is 1. The highest BCUT2D eigenvalue weighted by Gasteiger charge is 2.11. The van der Waals surface area contributed by atoms with E-state index in [2.05, 4.69) is 37.3 Å². The van der Waals surface area contributed by atoms with Crippen LogP contribution in [0, 0.1) is 6.92 Å². The lowest BCUT2D eigenvalue weighted by Crippen LogP contribution is -1.87. The highest BCUT2D eigenvalue weighted by Crippen LogP contribution is 2.33. The molecule has 98 valence electrons. The molecule has 2 heteroatoms. The summed E-state index contributed by atoms with van der Waals surface area (Å²) >= 11 is 1.82. The molecule has 1 nitrogen and oxygen atoms in total. The lowest BCUT2D eigenvalue weighted by Gasteiger charge is -2.08. The number of fused-ring (bicyclic) bond motifs is 1. The van der Waals surface area contributed by atoms with Crippen molar-refractivity contribution in [3.05, 3.63) is 58.7 Å². The number of aliphatic hydroxyl groups excluding tert-OH is 1. The van der Waals surface area contributed by atoms with Crippen LogP contribution in [0.2, 0.25) is 0 Å². The lowest BCUT2D eigenvalue weighted by molar-refractivity contribution is 0.281. The summed E-state index contributed by atoms with van der Waals surface area (Å²) in [6, 6.07) is 13.0. The van der Waals surface area contributed by atoms with E-state index in [1.165, 1.54) is 45.7 Å². The van der Waals surface area contributed by atoms with E-state index in [1.807, 2.05) is 17.8 Å². The standard InChI is InChI=1S/C17H18OS/c1-12-9-13(11-18)5-8-17(12)19-16-7-6-14-3-2-4-15(14)10-16/h5-10,18H,2-4,11H2,1H3. The summed E-state index contributed by atoms with van der Waals surface area (Å²) in [5.74, 6) is 0. The predicted molar refractivity (Wildman–Crippen MR) is 79.7 cm³/mol. The van der Waals surface area contributed by atoms with E-state index in [4.69, 9.17) is 5.11 Å². The minimum Gasteiger partial charge on any atom is -0.392 e. The molecule has 0 aliphatic heterocycles. The highest BCUT2D eigenvalue weighted by molar-refractivity contribution is 7.99. The zero-order valence-electron chi connectivity index (χ0n) is 11.1. The van der Waals surface area contributed by atoms with Gasteiger partial charge in [0.2, 0.25) is 0 Å². The SMILES string of the molecule is Cc1cc(CO)ccc1Sc1ccc2c(c1)CCC2. The molecule has 0 heterocycles. The van der Waals surface area contributed by atoms with Crippen LogP contribution in [0.4, 0.5) is 0 Å². The lowest BCUT2D eigenvalue weighted by atomic mass is 10.1. The number of hydrogen-bond donors (Lipinski definition) is 1. The monoisotopic (exact) mass is 270 g/mol. The zero-order valence-corrected chi connectivity index (χ0v) is 12.0. The van der Waals surface area contributed by atoms with Crippen LogP contribution >= 0.6 is 11.8 Å². The second-order valence-corrected chi connectivity index (χ2v) is 6.26. The minimum atomic E-state index is 0.116. The van der Waals surface area contributed by atoms with E-state index in [0.717, 1.165) is 5.56 Å². The van der Waals surface area contributed by atoms with Crippen LogP contribution in [0.1, 0.15) is 28.7 Å². The van der Waals surface area contributed by atoms with Gasteiger partial charge in [-0.3, -0.25) is 0 Å². The van der Waals surface area contributed by atoms with Gasteiger partial charge in [0, 0.05) is 9.79 Å². The summed E-state index contributed by atoms with van der Waals surface area (Å²) in [6.07, 6.45) is 3.77. The van der Waals surface area contributed by atoms with Crippen LogP contribution in [0.5, 0.6) is 0 Å². The summed E-state index contributed by atoms with van der Waals surface area (Å²) in [6.45, 7) is 2.22. The molecule has 2 aromatic carbocycles. The summed E-state index contributed by atoms with van der Waals surface area (Å²) in [5.41, 5.74) is 5.26. The maximum absolute atomic E-state index is 9.14. The van der Waals surface area contributed by atoms with Gasteiger partial charge in [-0.25, -0.2) is 0 Å². The molecule has 0 fully saturated rings. The number of hydrogen-bond acceptors (Lipinski definition) is 2. The Labute approximate surface area is 118 Å². The summed E-state index contributed by atoms with van der Waals surface area (Å²) in [7, 11) is 0. The smallest absolute Gasteiger partial charge is 0.0681 e. The molecule has 2 aromatic rings. The Morgan fingerprint density at radius 2 is 1.89 bits per heavy atom. The van der Waals surface area contributed by atoms with Gasteiger partial charge in [-0.1, -0.05) is 30.0 Å². The van der Waals surface area contributed by atoms with Crippen molar-refractivity contribution in [1.82, 2.24) is 0 Å². The molecule has 0 atom stereocenters. The van der Waals surface area contributed by atoms with Gasteiger partial charge in [0.25, 0.3) is 0 Å². The first-order valence-corrected chi connectivity index (χ1v) is 7.58. The molecule has 19 heavy (non-hydrogen) atoms. The van der Waals surface area contributed by atoms with E-state index in [-0.39, 0.29) is 6.61 Å². The molecular formula is C17H18OS. The Balaban J connectivity index is 1.85. The van der Waals surface area contributed by atoms with Crippen molar-refractivity contribution in [2.45, 2.75) is 42.6 Å². The van der Waals surface area contributed by atoms with Crippen molar-refractivity contribution in [3.63, 3.8) is 0 Å². The van der Waals surface area contributed by atoms with Crippen LogP contribution in [0.3, 0.4) is 0 Å². The van der Waals surface area contributed by atoms with E-state index in [1.54, 1.807) is 0 Å². The van der Waals surface area contributed by atoms with E-state index in [9.17, 15) is 0 Å². The molecule has 0 saturated heterocycles. The van der Waals surface area contributed by atoms with Crippen LogP contribution in [0.15, 0.2) is 46.2 Å². The number of aryl methyl sites for hydroxylation is 3. The molecule has 0 unspecified atom stereocenters. The van der Waals surface area contributed by atoms with E-state index >= 15 is 0 Å². The first kappa shape index (κ1) is 12.8. The molecule has 1 aliphatic rings. The molecule has 0 spiro atoms. The average molecular weight is 270 g/mol. The second-order valence-electron chi connectivity index (χ2n) is 5.14. The maximum Gasteiger partial charge on any atom is 0.0681 e. The van der Waals surface area contributed by atoms with Crippen molar-refractivity contribution in [1.29, 1.82) is 0 Å². The van der Waals surface area contributed by atoms with Crippen molar-refractivity contribution < 1.29 is 5.11 Å². The predicted octanol–water partition coefficient (Wildman–Crippen LogP) is 4.13. The first-order valence-electron chi connectivity index (χ1n) is 6.76. The fourth-order valence-electron chi connectivity index (χ4n) is 2.66. The van der Waals surface area contributed by atoms with Crippen LogP contribution in [0.25, 0.3) is 0 Å². The number of rotatable bonds is 3. The van der Waals surface area contributed by atoms with Gasteiger partial charge >= 0.3 is 0 Å². The Morgan fingerprint density at radius 1 is 1.05 bits per heavy atom. The van der Waals surface area contributed by atoms with Crippen LogP contribution in [-0.2, 0) is 19.4 Å². The van der Waals surface area contributed by atoms with Gasteiger partial charge in [0.15, 0.2) is 0 Å². The molecule has 0 amide bonds. The summed E-state index contributed by atoms with van der Waals surface area (Å²) in [5, 5.41) is 9.14. The summed E-state index contributed by atoms with van der Waals surface area (Å²) < 4.78 is 0. The fraction of sp³-hybridized carbons (Fsp3) is 0.294. The third-order valence-corrected chi connectivity index (χ3v) is 4.89. The van der Waals surface area contributed by atoms with Gasteiger partial charge in [-0.2, -0.15) is 0 Å². The molecule has 0 saturated carbocycles. The van der Waals surface area contributed by atoms with Gasteiger partial charge in [0.1, 0.15) is 0 Å². The molecule has 0 bridgehead atoms. The Morgan fingerprint density at radius 3 is 2.68 bits per heavy atom. The maximum atomic E-state index is 9.14. The fourth-order valence-corrected chi connectivity index (χ4v) is 3.61. The average Bonchev–Trinajstić information content (AvgIpc) is 2.88. The Hall–Kier alpha value is -1.25. The van der Waals surface area contributed by atoms with Gasteiger partial charge in [0.05, 0.1) is 6.61 Å². The first-order chi connectivity index (χ1) is 9.26. The van der Waals surface area contributed by atoms with Crippen molar-refractivity contribution in [3.8, 4) is 0 Å². The molecule has 1 aliphatic carbocycles. The van der Waals surface area contributed by atoms with Gasteiger partial charge in [-0.05, 0) is 66.6 Å². The zero-order chi connectivity index (χ0) is 13.2. The van der Waals surface area contributed by atoms with E-state index in [0.29, 0.717) is 0 Å². The second kappa shape index (κ2) is 5.40. The number of benzene rings is 2. The van der Waals surface area contributed by atoms with Crippen LogP contribution < -0.4 is 0 Å². The molecule has 3 rings (SSSR count). The van der Waals surface area contributed by atoms with Crippen molar-refractivity contribution in [2.75, 3.05) is 0 Å². The van der Waals surface area contributed by atoms with Gasteiger partial charge in [-0.15, -0.1) is 0 Å². The van der Waals surface area contributed by atoms with E-state index < -0.39 is 0 Å². The highest BCUT2D eigenvalue weighted by atomic mass is 32.2. The normalized spacial score (nSPS) is 13.6. The van der Waals surface area contributed by atoms with Crippen LogP contribution in [-0.4, -0.2) is 5.11 Å². The molecule has 0 aromatic heterocycles. The third kappa shape index (κ3) is 2.70. The largest absolute Gasteiger partial charge is 0.392 e. The summed E-state index contributed by atoms with van der Waals surface area (Å²) in [4.78, 5) is 2.59. The molecular weight excluding hydrogens is 252 g/mol. The molecule has 0 radical (unpaired) electrons. The van der Waals surface area contributed by atoms with Crippen molar-refractivity contribution >= 4 is 11.8 Å². The quantitative estimate of drug-likeness (QED) is 0.905. The third-order valence-electron chi connectivity index (χ3n) is 3.72. The minimum absolute atomic E-state index is 0.116. The van der Waals surface area contributed by atoms with Gasteiger partial charge < -0.3 is 5.11 Å². The molecule has 1 N–H and O–H groups in total.